The molecule has 1 aromatic carbocycles. The SMILES string of the molecule is O=C(Cn1cc(C(=O)O)nn1)Nc1ccc(SC2CCCC2)cc1. The maximum Gasteiger partial charge on any atom is 0.358 e. The first-order valence-corrected chi connectivity index (χ1v) is 8.68. The van der Waals surface area contributed by atoms with Crippen LogP contribution in [0.3, 0.4) is 0 Å². The first-order valence-electron chi connectivity index (χ1n) is 7.80. The van der Waals surface area contributed by atoms with Crippen molar-refractivity contribution in [3.63, 3.8) is 0 Å². The summed E-state index contributed by atoms with van der Waals surface area (Å²) in [6.45, 7) is -0.0845. The Hall–Kier alpha value is -2.35. The van der Waals surface area contributed by atoms with Crippen LogP contribution in [-0.2, 0) is 11.3 Å². The molecule has 0 unspecified atom stereocenters. The molecule has 0 radical (unpaired) electrons. The predicted molar refractivity (Wildman–Crippen MR) is 90.2 cm³/mol. The monoisotopic (exact) mass is 346 g/mol. The van der Waals surface area contributed by atoms with Gasteiger partial charge >= 0.3 is 5.97 Å². The van der Waals surface area contributed by atoms with Gasteiger partial charge in [-0.25, -0.2) is 9.48 Å². The number of carboxylic acids is 1. The second-order valence-corrected chi connectivity index (χ2v) is 7.08. The van der Waals surface area contributed by atoms with Gasteiger partial charge in [-0.3, -0.25) is 4.79 Å². The molecule has 2 aromatic rings. The minimum atomic E-state index is -1.17. The van der Waals surface area contributed by atoms with Crippen LogP contribution < -0.4 is 5.32 Å². The number of hydrogen-bond donors (Lipinski definition) is 2. The summed E-state index contributed by atoms with van der Waals surface area (Å²) in [5, 5.41) is 19.3. The van der Waals surface area contributed by atoms with Crippen molar-refractivity contribution in [2.45, 2.75) is 42.4 Å². The van der Waals surface area contributed by atoms with Crippen molar-refractivity contribution >= 4 is 29.3 Å². The molecule has 0 spiro atoms. The standard InChI is InChI=1S/C16H18N4O3S/c21-15(10-20-9-14(16(22)23)18-19-20)17-11-5-7-13(8-6-11)24-12-3-1-2-4-12/h5-9,12H,1-4,10H2,(H,17,21)(H,22,23). The van der Waals surface area contributed by atoms with Crippen LogP contribution in [0.4, 0.5) is 5.69 Å². The van der Waals surface area contributed by atoms with Crippen LogP contribution in [0.1, 0.15) is 36.2 Å². The molecule has 7 nitrogen and oxygen atoms in total. The Labute approximate surface area is 143 Å². The van der Waals surface area contributed by atoms with Gasteiger partial charge in [0, 0.05) is 15.8 Å². The van der Waals surface area contributed by atoms with Crippen molar-refractivity contribution in [3.05, 3.63) is 36.2 Å². The highest BCUT2D eigenvalue weighted by atomic mass is 32.2. The van der Waals surface area contributed by atoms with E-state index in [4.69, 9.17) is 5.11 Å². The Balaban J connectivity index is 1.52. The molecule has 1 aromatic heterocycles. The van der Waals surface area contributed by atoms with E-state index in [0.29, 0.717) is 10.9 Å². The number of amides is 1. The van der Waals surface area contributed by atoms with Gasteiger partial charge in [0.25, 0.3) is 0 Å². The molecule has 24 heavy (non-hydrogen) atoms. The number of nitrogens with zero attached hydrogens (tertiary/aromatic N) is 3. The van der Waals surface area contributed by atoms with Crippen LogP contribution in [0.25, 0.3) is 0 Å². The Morgan fingerprint density at radius 3 is 2.58 bits per heavy atom. The average molecular weight is 346 g/mol. The topological polar surface area (TPSA) is 97.1 Å². The molecule has 0 saturated heterocycles. The maximum atomic E-state index is 12.0. The van der Waals surface area contributed by atoms with E-state index in [1.54, 1.807) is 0 Å². The van der Waals surface area contributed by atoms with Gasteiger partial charge in [-0.05, 0) is 37.1 Å². The molecule has 3 rings (SSSR count). The molecule has 1 heterocycles. The molecule has 2 N–H and O–H groups in total. The van der Waals surface area contributed by atoms with Crippen molar-refractivity contribution in [1.82, 2.24) is 15.0 Å². The number of aromatic nitrogens is 3. The summed E-state index contributed by atoms with van der Waals surface area (Å²) in [5.41, 5.74) is 0.519. The van der Waals surface area contributed by atoms with Gasteiger partial charge in [0.1, 0.15) is 6.54 Å². The summed E-state index contributed by atoms with van der Waals surface area (Å²) < 4.78 is 1.20. The second kappa shape index (κ2) is 7.48. The van der Waals surface area contributed by atoms with Crippen molar-refractivity contribution in [3.8, 4) is 0 Å². The Kier molecular flexibility index (Phi) is 5.14. The summed E-state index contributed by atoms with van der Waals surface area (Å²) in [6.07, 6.45) is 6.41. The normalized spacial score (nSPS) is 14.7. The molecule has 8 heteroatoms. The number of carboxylic acid groups (broad SMARTS) is 1. The Bertz CT molecular complexity index is 723. The fraction of sp³-hybridized carbons (Fsp3) is 0.375. The van der Waals surface area contributed by atoms with Gasteiger partial charge in [0.05, 0.1) is 6.20 Å². The summed E-state index contributed by atoms with van der Waals surface area (Å²) >= 11 is 1.90. The zero-order chi connectivity index (χ0) is 16.9. The average Bonchev–Trinajstić information content (AvgIpc) is 3.21. The molecule has 0 atom stereocenters. The lowest BCUT2D eigenvalue weighted by Crippen LogP contribution is -2.19. The number of carbonyl (C=O) groups is 2. The van der Waals surface area contributed by atoms with Crippen LogP contribution >= 0.6 is 11.8 Å². The predicted octanol–water partition coefficient (Wildman–Crippen LogP) is 2.65. The van der Waals surface area contributed by atoms with Crippen LogP contribution in [0.5, 0.6) is 0 Å². The van der Waals surface area contributed by atoms with Crippen LogP contribution in [-0.4, -0.2) is 37.2 Å². The fourth-order valence-electron chi connectivity index (χ4n) is 2.64. The molecule has 1 saturated carbocycles. The molecule has 1 aliphatic carbocycles. The lowest BCUT2D eigenvalue weighted by atomic mass is 10.3. The smallest absolute Gasteiger partial charge is 0.358 e. The Morgan fingerprint density at radius 2 is 1.96 bits per heavy atom. The van der Waals surface area contributed by atoms with E-state index in [0.717, 1.165) is 0 Å². The first-order chi connectivity index (χ1) is 11.6. The number of thioether (sulfide) groups is 1. The van der Waals surface area contributed by atoms with E-state index in [-0.39, 0.29) is 18.1 Å². The number of benzene rings is 1. The quantitative estimate of drug-likeness (QED) is 0.834. The molecule has 0 bridgehead atoms. The number of aromatic carboxylic acids is 1. The van der Waals surface area contributed by atoms with Gasteiger partial charge in [-0.2, -0.15) is 0 Å². The molecule has 0 aliphatic heterocycles. The lowest BCUT2D eigenvalue weighted by molar-refractivity contribution is -0.116. The first kappa shape index (κ1) is 16.5. The molecule has 1 amide bonds. The largest absolute Gasteiger partial charge is 0.476 e. The highest BCUT2D eigenvalue weighted by molar-refractivity contribution is 8.00. The van der Waals surface area contributed by atoms with Crippen molar-refractivity contribution in [1.29, 1.82) is 0 Å². The summed E-state index contributed by atoms with van der Waals surface area (Å²) in [6, 6.07) is 7.77. The molecular weight excluding hydrogens is 328 g/mol. The number of nitrogens with one attached hydrogen (secondary N) is 1. The zero-order valence-corrected chi connectivity index (χ0v) is 13.8. The highest BCUT2D eigenvalue weighted by Crippen LogP contribution is 2.34. The fourth-order valence-corrected chi connectivity index (χ4v) is 3.88. The molecule has 126 valence electrons. The minimum Gasteiger partial charge on any atom is -0.476 e. The number of carbonyl (C=O) groups excluding carboxylic acids is 1. The third kappa shape index (κ3) is 4.35. The third-order valence-corrected chi connectivity index (χ3v) is 5.16. The van der Waals surface area contributed by atoms with Crippen LogP contribution in [0.15, 0.2) is 35.4 Å². The number of rotatable bonds is 6. The van der Waals surface area contributed by atoms with E-state index >= 15 is 0 Å². The summed E-state index contributed by atoms with van der Waals surface area (Å²) in [4.78, 5) is 23.9. The number of hydrogen-bond acceptors (Lipinski definition) is 5. The number of anilines is 1. The lowest BCUT2D eigenvalue weighted by Gasteiger charge is -2.10. The second-order valence-electron chi connectivity index (χ2n) is 5.70. The van der Waals surface area contributed by atoms with E-state index < -0.39 is 5.97 Å². The van der Waals surface area contributed by atoms with Crippen molar-refractivity contribution in [2.24, 2.45) is 0 Å². The zero-order valence-electron chi connectivity index (χ0n) is 13.0. The van der Waals surface area contributed by atoms with Crippen LogP contribution in [0, 0.1) is 0 Å². The highest BCUT2D eigenvalue weighted by Gasteiger charge is 2.16. The molecular formula is C16H18N4O3S. The third-order valence-electron chi connectivity index (χ3n) is 3.81. The van der Waals surface area contributed by atoms with E-state index in [1.807, 2.05) is 36.0 Å². The molecule has 1 fully saturated rings. The van der Waals surface area contributed by atoms with Crippen molar-refractivity contribution in [2.75, 3.05) is 5.32 Å². The van der Waals surface area contributed by atoms with Gasteiger partial charge in [0.15, 0.2) is 5.69 Å². The van der Waals surface area contributed by atoms with Gasteiger partial charge in [-0.15, -0.1) is 16.9 Å². The van der Waals surface area contributed by atoms with Crippen molar-refractivity contribution < 1.29 is 14.7 Å². The maximum absolute atomic E-state index is 12.0. The molecule has 1 aliphatic rings. The van der Waals surface area contributed by atoms with E-state index in [9.17, 15) is 9.59 Å². The minimum absolute atomic E-state index is 0.0845. The van der Waals surface area contributed by atoms with E-state index in [2.05, 4.69) is 15.6 Å². The van der Waals surface area contributed by atoms with Crippen LogP contribution in [0.2, 0.25) is 0 Å². The Morgan fingerprint density at radius 1 is 1.25 bits per heavy atom. The van der Waals surface area contributed by atoms with Gasteiger partial charge in [-0.1, -0.05) is 18.1 Å². The summed E-state index contributed by atoms with van der Waals surface area (Å²) in [5.74, 6) is -1.45. The summed E-state index contributed by atoms with van der Waals surface area (Å²) in [7, 11) is 0. The van der Waals surface area contributed by atoms with Gasteiger partial charge < -0.3 is 10.4 Å². The van der Waals surface area contributed by atoms with Gasteiger partial charge in [0.2, 0.25) is 5.91 Å². The van der Waals surface area contributed by atoms with E-state index in [1.165, 1.54) is 41.5 Å².